The van der Waals surface area contributed by atoms with Crippen LogP contribution in [0.25, 0.3) is 0 Å². The molecule has 0 saturated heterocycles. The Morgan fingerprint density at radius 1 is 0.702 bits per heavy atom. The van der Waals surface area contributed by atoms with Gasteiger partial charge in [0.2, 0.25) is 0 Å². The number of sulfonamides is 2. The van der Waals surface area contributed by atoms with Gasteiger partial charge in [0.05, 0.1) is 0 Å². The zero-order valence-electron chi connectivity index (χ0n) is 26.4. The Labute approximate surface area is 278 Å². The molecule has 0 radical (unpaired) electrons. The average Bonchev–Trinajstić information content (AvgIpc) is 3.73. The first-order chi connectivity index (χ1) is 22.2. The van der Waals surface area contributed by atoms with Crippen molar-refractivity contribution in [2.24, 2.45) is 0 Å². The fraction of sp³-hybridized carbons (Fsp3) is 0.294. The van der Waals surface area contributed by atoms with Crippen molar-refractivity contribution in [2.45, 2.75) is 25.7 Å². The van der Waals surface area contributed by atoms with E-state index in [1.807, 2.05) is 0 Å². The van der Waals surface area contributed by atoms with Crippen LogP contribution in [0.4, 0.5) is 17.6 Å². The molecule has 252 valence electrons. The Balaban J connectivity index is 1.97. The summed E-state index contributed by atoms with van der Waals surface area (Å²) in [6, 6.07) is 4.63. The van der Waals surface area contributed by atoms with Gasteiger partial charge in [-0.1, -0.05) is 0 Å². The standard InChI is InChI=1S/2C12H14F2NO2S.2C5H5.Ti/c2*1-3-7-15(18(2,16)17)8-6-10-4-5-11(13)9-12(10)14;2*1-2-4-5-3-1;/h2*3-5H,1,6-8H2,2H3;2*1-3H,4H2;. The van der Waals surface area contributed by atoms with Gasteiger partial charge in [0, 0.05) is 0 Å². The zero-order valence-corrected chi connectivity index (χ0v) is 29.5. The van der Waals surface area contributed by atoms with Crippen molar-refractivity contribution in [1.82, 2.24) is 8.61 Å². The number of hydrogen-bond donors (Lipinski definition) is 0. The molecular weight excluding hydrogens is 688 g/mol. The molecule has 2 aromatic carbocycles. The third-order valence-electron chi connectivity index (χ3n) is 8.46. The van der Waals surface area contributed by atoms with E-state index in [0.717, 1.165) is 33.3 Å². The number of rotatable bonds is 16. The Hall–Kier alpha value is -2.87. The van der Waals surface area contributed by atoms with Gasteiger partial charge in [-0.05, 0) is 0 Å². The molecule has 6 nitrogen and oxygen atoms in total. The second kappa shape index (κ2) is 15.1. The second-order valence-corrected chi connectivity index (χ2v) is 21.4. The maximum absolute atomic E-state index is 17.0. The van der Waals surface area contributed by atoms with Crippen molar-refractivity contribution in [3.63, 3.8) is 0 Å². The van der Waals surface area contributed by atoms with Crippen molar-refractivity contribution >= 4 is 27.8 Å². The van der Waals surface area contributed by atoms with E-state index in [-0.39, 0.29) is 70.7 Å². The summed E-state index contributed by atoms with van der Waals surface area (Å²) in [5.41, 5.74) is 0.0230. The van der Waals surface area contributed by atoms with Crippen molar-refractivity contribution in [3.8, 4) is 0 Å². The van der Waals surface area contributed by atoms with Crippen molar-refractivity contribution < 1.29 is 51.0 Å². The van der Waals surface area contributed by atoms with Gasteiger partial charge in [0.1, 0.15) is 0 Å². The first-order valence-corrected chi connectivity index (χ1v) is 21.8. The Morgan fingerprint density at radius 3 is 1.38 bits per heavy atom. The van der Waals surface area contributed by atoms with E-state index in [4.69, 9.17) is 0 Å². The van der Waals surface area contributed by atoms with Crippen LogP contribution in [0, 0.1) is 23.3 Å². The summed E-state index contributed by atoms with van der Waals surface area (Å²) in [6.07, 6.45) is 15.4. The third kappa shape index (κ3) is 7.74. The first kappa shape index (κ1) is 37.0. The number of hydrogen-bond acceptors (Lipinski definition) is 4. The molecule has 0 atom stereocenters. The van der Waals surface area contributed by atoms with Crippen LogP contribution in [0.5, 0.6) is 0 Å². The van der Waals surface area contributed by atoms with Crippen molar-refractivity contribution in [3.05, 3.63) is 128 Å². The number of nitrogens with zero attached hydrogens (tertiary/aromatic N) is 2. The molecule has 0 fully saturated rings. The first-order valence-electron chi connectivity index (χ1n) is 15.0. The van der Waals surface area contributed by atoms with Gasteiger partial charge in [-0.25, -0.2) is 0 Å². The third-order valence-corrected chi connectivity index (χ3v) is 18.9. The van der Waals surface area contributed by atoms with E-state index in [9.17, 15) is 16.8 Å². The van der Waals surface area contributed by atoms with E-state index in [2.05, 4.69) is 13.2 Å². The predicted octanol–water partition coefficient (Wildman–Crippen LogP) is 5.02. The van der Waals surface area contributed by atoms with Gasteiger partial charge in [-0.15, -0.1) is 0 Å². The minimum atomic E-state index is -5.13. The summed E-state index contributed by atoms with van der Waals surface area (Å²) in [5, 5.41) is 0. The van der Waals surface area contributed by atoms with Gasteiger partial charge in [0.25, 0.3) is 0 Å². The fourth-order valence-electron chi connectivity index (χ4n) is 6.25. The van der Waals surface area contributed by atoms with E-state index >= 15 is 17.6 Å². The van der Waals surface area contributed by atoms with Crippen LogP contribution in [0.2, 0.25) is 0 Å². The second-order valence-electron chi connectivity index (χ2n) is 11.5. The predicted molar refractivity (Wildman–Crippen MR) is 176 cm³/mol. The van der Waals surface area contributed by atoms with Gasteiger partial charge in [-0.2, -0.15) is 0 Å². The molecule has 2 aromatic rings. The molecule has 0 bridgehead atoms. The van der Waals surface area contributed by atoms with Crippen LogP contribution in [0.3, 0.4) is 0 Å². The summed E-state index contributed by atoms with van der Waals surface area (Å²) in [4.78, 5) is 0. The van der Waals surface area contributed by atoms with Crippen LogP contribution in [-0.4, -0.2) is 64.1 Å². The zero-order chi connectivity index (χ0) is 34.6. The SMILES string of the molecule is C=CCN(CCc1ccc(F)[c]([Ti]([C]2=CC=CC2)([C]2=CC=CC2)[c]2c(F)ccc(CCN(CC=C)S(C)(=O)=O)c2F)c1F)S(C)(=O)=O. The summed E-state index contributed by atoms with van der Waals surface area (Å²) in [6.45, 7) is 6.88. The van der Waals surface area contributed by atoms with Crippen molar-refractivity contribution in [2.75, 3.05) is 38.7 Å². The van der Waals surface area contributed by atoms with Crippen LogP contribution < -0.4 is 7.74 Å². The molecule has 0 spiro atoms. The molecule has 47 heavy (non-hydrogen) atoms. The Morgan fingerprint density at radius 2 is 1.09 bits per heavy atom. The van der Waals surface area contributed by atoms with E-state index < -0.39 is 59.9 Å². The molecule has 4 rings (SSSR count). The summed E-state index contributed by atoms with van der Waals surface area (Å²) >= 11 is -5.13. The molecule has 0 aromatic heterocycles. The molecular formula is C34H38F4N2O4S2Ti. The van der Waals surface area contributed by atoms with Crippen LogP contribution >= 0.6 is 0 Å². The number of benzene rings is 2. The van der Waals surface area contributed by atoms with Gasteiger partial charge >= 0.3 is 280 Å². The minimum absolute atomic E-state index is 0.0115. The van der Waals surface area contributed by atoms with Gasteiger partial charge in [-0.3, -0.25) is 0 Å². The maximum atomic E-state index is 17.0. The van der Waals surface area contributed by atoms with Gasteiger partial charge in [0.15, 0.2) is 0 Å². The normalized spacial score (nSPS) is 15.1. The quantitative estimate of drug-likeness (QED) is 0.139. The van der Waals surface area contributed by atoms with Gasteiger partial charge < -0.3 is 0 Å². The molecule has 2 aliphatic rings. The molecule has 0 unspecified atom stereocenters. The summed E-state index contributed by atoms with van der Waals surface area (Å²) in [5.74, 6) is -3.82. The number of allylic oxidation sites excluding steroid dienone is 8. The summed E-state index contributed by atoms with van der Waals surface area (Å²) in [7, 11) is -7.34. The number of halogens is 4. The van der Waals surface area contributed by atoms with Crippen molar-refractivity contribution in [1.29, 1.82) is 0 Å². The Kier molecular flexibility index (Phi) is 11.9. The van der Waals surface area contributed by atoms with E-state index in [1.54, 1.807) is 36.5 Å². The Bertz CT molecular complexity index is 1770. The molecule has 2 aliphatic carbocycles. The molecule has 0 saturated carbocycles. The topological polar surface area (TPSA) is 74.8 Å². The molecule has 0 heterocycles. The molecule has 0 N–H and O–H groups in total. The molecule has 13 heteroatoms. The molecule has 0 aliphatic heterocycles. The van der Waals surface area contributed by atoms with Crippen LogP contribution in [-0.2, 0) is 49.5 Å². The fourth-order valence-corrected chi connectivity index (χ4v) is 16.2. The van der Waals surface area contributed by atoms with Crippen LogP contribution in [0.1, 0.15) is 24.0 Å². The van der Waals surface area contributed by atoms with E-state index in [1.165, 1.54) is 24.3 Å². The summed E-state index contributed by atoms with van der Waals surface area (Å²) < 4.78 is 118. The van der Waals surface area contributed by atoms with Crippen LogP contribution in [0.15, 0.2) is 93.8 Å². The average molecular weight is 727 g/mol. The molecule has 0 amide bonds. The monoisotopic (exact) mass is 726 g/mol. The van der Waals surface area contributed by atoms with E-state index in [0.29, 0.717) is 7.76 Å².